The molecule has 0 atom stereocenters. The van der Waals surface area contributed by atoms with E-state index in [-0.39, 0.29) is 6.42 Å². The van der Waals surface area contributed by atoms with Gasteiger partial charge >= 0.3 is 6.36 Å². The fraction of sp³-hybridized carbons (Fsp3) is 0.364. The summed E-state index contributed by atoms with van der Waals surface area (Å²) in [6, 6.07) is 2.87. The molecule has 0 radical (unpaired) electrons. The number of carbonyl (C=O) groups is 1. The lowest BCUT2D eigenvalue weighted by Gasteiger charge is -2.15. The minimum atomic E-state index is -5.09. The van der Waals surface area contributed by atoms with Crippen LogP contribution < -0.4 is 4.74 Å². The third-order valence-corrected chi connectivity index (χ3v) is 2.13. The predicted octanol–water partition coefficient (Wildman–Crippen LogP) is 4.12. The Morgan fingerprint density at radius 2 is 1.94 bits per heavy atom. The highest BCUT2D eigenvalue weighted by atomic mass is 19.4. The maximum absolute atomic E-state index is 12.8. The third kappa shape index (κ3) is 3.41. The molecular formula is C11H9F5O2. The number of carbonyl (C=O) groups excluding carboxylic acids is 1. The molecule has 18 heavy (non-hydrogen) atoms. The van der Waals surface area contributed by atoms with Gasteiger partial charge < -0.3 is 4.74 Å². The fourth-order valence-corrected chi connectivity index (χ4v) is 1.42. The van der Waals surface area contributed by atoms with Gasteiger partial charge in [-0.15, -0.1) is 13.2 Å². The Kier molecular flexibility index (Phi) is 4.26. The van der Waals surface area contributed by atoms with Gasteiger partial charge in [-0.3, -0.25) is 4.79 Å². The highest BCUT2D eigenvalue weighted by molar-refractivity contribution is 5.98. The Hall–Kier alpha value is -1.66. The van der Waals surface area contributed by atoms with Crippen LogP contribution in [0.3, 0.4) is 0 Å². The summed E-state index contributed by atoms with van der Waals surface area (Å²) in [4.78, 5) is 11.4. The highest BCUT2D eigenvalue weighted by Crippen LogP contribution is 2.35. The monoisotopic (exact) mass is 268 g/mol. The van der Waals surface area contributed by atoms with Crippen LogP contribution in [0.4, 0.5) is 22.0 Å². The van der Waals surface area contributed by atoms with E-state index < -0.39 is 35.4 Å². The van der Waals surface area contributed by atoms with Crippen molar-refractivity contribution in [1.82, 2.24) is 0 Å². The molecule has 0 aliphatic heterocycles. The van der Waals surface area contributed by atoms with E-state index in [1.54, 1.807) is 0 Å². The van der Waals surface area contributed by atoms with Crippen molar-refractivity contribution in [3.8, 4) is 5.75 Å². The molecule has 1 aromatic carbocycles. The highest BCUT2D eigenvalue weighted by Gasteiger charge is 2.34. The minimum absolute atomic E-state index is 0.0881. The van der Waals surface area contributed by atoms with Crippen LogP contribution in [0.2, 0.25) is 0 Å². The molecule has 0 saturated carbocycles. The topological polar surface area (TPSA) is 26.3 Å². The zero-order valence-corrected chi connectivity index (χ0v) is 9.22. The molecule has 0 aliphatic carbocycles. The number of halogens is 5. The standard InChI is InChI=1S/C11H9F5O2/c1-2-7(17)6-4-3-5-8(9(6)10(12)13)18-11(14,15)16/h3-5,10H,2H2,1H3. The Labute approximate surface area is 99.4 Å². The van der Waals surface area contributed by atoms with Crippen LogP contribution in [0.1, 0.15) is 35.7 Å². The van der Waals surface area contributed by atoms with E-state index in [4.69, 9.17) is 0 Å². The molecular weight excluding hydrogens is 259 g/mol. The summed E-state index contributed by atoms with van der Waals surface area (Å²) in [5, 5.41) is 0. The van der Waals surface area contributed by atoms with Crippen LogP contribution in [0, 0.1) is 0 Å². The normalized spacial score (nSPS) is 11.7. The van der Waals surface area contributed by atoms with Gasteiger partial charge in [-0.25, -0.2) is 8.78 Å². The van der Waals surface area contributed by atoms with Crippen LogP contribution in [-0.2, 0) is 0 Å². The molecule has 0 aromatic heterocycles. The van der Waals surface area contributed by atoms with Crippen molar-refractivity contribution in [1.29, 1.82) is 0 Å². The zero-order chi connectivity index (χ0) is 13.9. The van der Waals surface area contributed by atoms with Gasteiger partial charge in [0.05, 0.1) is 5.56 Å². The molecule has 100 valence electrons. The molecule has 0 aliphatic rings. The second-order valence-corrected chi connectivity index (χ2v) is 3.34. The summed E-state index contributed by atoms with van der Waals surface area (Å²) < 4.78 is 65.2. The molecule has 2 nitrogen and oxygen atoms in total. The number of ether oxygens (including phenoxy) is 1. The van der Waals surface area contributed by atoms with E-state index in [2.05, 4.69) is 4.74 Å². The molecule has 0 unspecified atom stereocenters. The Balaban J connectivity index is 3.30. The van der Waals surface area contributed by atoms with Crippen LogP contribution in [0.5, 0.6) is 5.75 Å². The first-order valence-corrected chi connectivity index (χ1v) is 4.96. The quantitative estimate of drug-likeness (QED) is 0.606. The summed E-state index contributed by atoms with van der Waals surface area (Å²) in [6.45, 7) is 1.43. The van der Waals surface area contributed by atoms with Crippen LogP contribution in [-0.4, -0.2) is 12.1 Å². The maximum Gasteiger partial charge on any atom is 0.573 e. The SMILES string of the molecule is CCC(=O)c1cccc(OC(F)(F)F)c1C(F)F. The Bertz CT molecular complexity index is 440. The second kappa shape index (κ2) is 5.32. The predicted molar refractivity (Wildman–Crippen MR) is 52.7 cm³/mol. The molecule has 0 N–H and O–H groups in total. The molecule has 1 rings (SSSR count). The van der Waals surface area contributed by atoms with E-state index in [0.29, 0.717) is 0 Å². The average molecular weight is 268 g/mol. The van der Waals surface area contributed by atoms with Crippen molar-refractivity contribution in [3.05, 3.63) is 29.3 Å². The van der Waals surface area contributed by atoms with Gasteiger partial charge in [-0.2, -0.15) is 0 Å². The van der Waals surface area contributed by atoms with Crippen molar-refractivity contribution in [2.24, 2.45) is 0 Å². The first-order chi connectivity index (χ1) is 8.26. The van der Waals surface area contributed by atoms with Crippen LogP contribution in [0.15, 0.2) is 18.2 Å². The van der Waals surface area contributed by atoms with Gasteiger partial charge in [0.2, 0.25) is 0 Å². The molecule has 0 spiro atoms. The van der Waals surface area contributed by atoms with E-state index in [0.717, 1.165) is 18.2 Å². The molecule has 0 fully saturated rings. The Morgan fingerprint density at radius 3 is 2.39 bits per heavy atom. The van der Waals surface area contributed by atoms with Crippen LogP contribution in [0.25, 0.3) is 0 Å². The fourth-order valence-electron chi connectivity index (χ4n) is 1.42. The van der Waals surface area contributed by atoms with E-state index >= 15 is 0 Å². The molecule has 0 amide bonds. The van der Waals surface area contributed by atoms with E-state index in [9.17, 15) is 26.7 Å². The molecule has 0 saturated heterocycles. The number of Topliss-reactive ketones (excluding diaryl/α,β-unsaturated/α-hetero) is 1. The molecule has 1 aromatic rings. The van der Waals surface area contributed by atoms with Crippen molar-refractivity contribution >= 4 is 5.78 Å². The summed E-state index contributed by atoms with van der Waals surface area (Å²) in [7, 11) is 0. The largest absolute Gasteiger partial charge is 0.573 e. The van der Waals surface area contributed by atoms with Crippen LogP contribution >= 0.6 is 0 Å². The molecule has 7 heteroatoms. The van der Waals surface area contributed by atoms with Crippen molar-refractivity contribution in [2.45, 2.75) is 26.1 Å². The summed E-state index contributed by atoms with van der Waals surface area (Å²) >= 11 is 0. The van der Waals surface area contributed by atoms with E-state index in [1.807, 2.05) is 0 Å². The number of hydrogen-bond acceptors (Lipinski definition) is 2. The summed E-state index contributed by atoms with van der Waals surface area (Å²) in [5.41, 5.74) is -1.48. The number of hydrogen-bond donors (Lipinski definition) is 0. The summed E-state index contributed by atoms with van der Waals surface area (Å²) in [5.74, 6) is -1.71. The maximum atomic E-state index is 12.8. The third-order valence-electron chi connectivity index (χ3n) is 2.13. The lowest BCUT2D eigenvalue weighted by Crippen LogP contribution is -2.19. The van der Waals surface area contributed by atoms with Gasteiger partial charge in [0.1, 0.15) is 5.75 Å². The number of ketones is 1. The smallest absolute Gasteiger partial charge is 0.405 e. The van der Waals surface area contributed by atoms with E-state index in [1.165, 1.54) is 6.92 Å². The van der Waals surface area contributed by atoms with Crippen molar-refractivity contribution in [3.63, 3.8) is 0 Å². The lowest BCUT2D eigenvalue weighted by molar-refractivity contribution is -0.275. The lowest BCUT2D eigenvalue weighted by atomic mass is 10.0. The zero-order valence-electron chi connectivity index (χ0n) is 9.22. The molecule has 0 bridgehead atoms. The number of alkyl halides is 5. The second-order valence-electron chi connectivity index (χ2n) is 3.34. The van der Waals surface area contributed by atoms with Crippen molar-refractivity contribution in [2.75, 3.05) is 0 Å². The molecule has 0 heterocycles. The number of rotatable bonds is 4. The summed E-state index contributed by atoms with van der Waals surface area (Å²) in [6.07, 6.45) is -8.40. The first kappa shape index (κ1) is 14.4. The average Bonchev–Trinajstić information content (AvgIpc) is 2.25. The number of benzene rings is 1. The van der Waals surface area contributed by atoms with Gasteiger partial charge in [0.15, 0.2) is 5.78 Å². The van der Waals surface area contributed by atoms with Gasteiger partial charge in [0.25, 0.3) is 6.43 Å². The minimum Gasteiger partial charge on any atom is -0.405 e. The Morgan fingerprint density at radius 1 is 1.33 bits per heavy atom. The van der Waals surface area contributed by atoms with Gasteiger partial charge in [-0.05, 0) is 6.07 Å². The van der Waals surface area contributed by atoms with Crippen molar-refractivity contribution < 1.29 is 31.5 Å². The van der Waals surface area contributed by atoms with Gasteiger partial charge in [0, 0.05) is 12.0 Å². The first-order valence-electron chi connectivity index (χ1n) is 4.96. The van der Waals surface area contributed by atoms with Gasteiger partial charge in [-0.1, -0.05) is 19.1 Å².